The van der Waals surface area contributed by atoms with Crippen molar-refractivity contribution in [2.45, 2.75) is 96.6 Å². The molecule has 2 aromatic carbocycles. The fraction of sp³-hybridized carbons (Fsp3) is 0.486. The molecule has 5 heteroatoms. The third-order valence-electron chi connectivity index (χ3n) is 8.87. The Kier molecular flexibility index (Phi) is 9.74. The number of rotatable bonds is 10. The minimum atomic E-state index is -0.0981. The van der Waals surface area contributed by atoms with Gasteiger partial charge in [0.05, 0.1) is 6.04 Å². The average Bonchev–Trinajstić information content (AvgIpc) is 3.47. The summed E-state index contributed by atoms with van der Waals surface area (Å²) >= 11 is 1.79. The molecule has 1 aliphatic heterocycles. The number of hydrogen-bond acceptors (Lipinski definition) is 3. The van der Waals surface area contributed by atoms with E-state index in [1.165, 1.54) is 59.2 Å². The summed E-state index contributed by atoms with van der Waals surface area (Å²) in [5.41, 5.74) is 5.60. The van der Waals surface area contributed by atoms with Crippen LogP contribution in [-0.2, 0) is 17.6 Å². The van der Waals surface area contributed by atoms with E-state index in [0.29, 0.717) is 12.1 Å². The summed E-state index contributed by atoms with van der Waals surface area (Å²) in [6, 6.07) is 18.8. The molecule has 1 atom stereocenters. The predicted molar refractivity (Wildman–Crippen MR) is 165 cm³/mol. The van der Waals surface area contributed by atoms with Crippen molar-refractivity contribution < 1.29 is 9.59 Å². The molecule has 2 heterocycles. The van der Waals surface area contributed by atoms with Crippen molar-refractivity contribution in [3.63, 3.8) is 0 Å². The average molecular weight is 557 g/mol. The lowest BCUT2D eigenvalue weighted by atomic mass is 9.90. The highest BCUT2D eigenvalue weighted by molar-refractivity contribution is 7.10. The molecule has 3 aromatic rings. The molecule has 40 heavy (non-hydrogen) atoms. The lowest BCUT2D eigenvalue weighted by molar-refractivity contribution is -0.134. The number of nitrogens with zero attached hydrogens (tertiary/aromatic N) is 2. The van der Waals surface area contributed by atoms with Crippen LogP contribution in [0.2, 0.25) is 0 Å². The summed E-state index contributed by atoms with van der Waals surface area (Å²) in [7, 11) is 0. The van der Waals surface area contributed by atoms with Gasteiger partial charge in [-0.3, -0.25) is 9.59 Å². The van der Waals surface area contributed by atoms with Crippen molar-refractivity contribution in [2.24, 2.45) is 0 Å². The zero-order valence-corrected chi connectivity index (χ0v) is 25.1. The Bertz CT molecular complexity index is 1270. The van der Waals surface area contributed by atoms with Gasteiger partial charge < -0.3 is 9.80 Å². The Hall–Kier alpha value is -2.92. The van der Waals surface area contributed by atoms with Gasteiger partial charge in [0.25, 0.3) is 5.91 Å². The van der Waals surface area contributed by atoms with E-state index < -0.39 is 0 Å². The third-order valence-corrected chi connectivity index (χ3v) is 9.87. The minimum Gasteiger partial charge on any atom is -0.330 e. The van der Waals surface area contributed by atoms with Crippen LogP contribution in [0.5, 0.6) is 0 Å². The van der Waals surface area contributed by atoms with Crippen LogP contribution in [0.3, 0.4) is 0 Å². The molecule has 1 unspecified atom stereocenters. The topological polar surface area (TPSA) is 40.6 Å². The lowest BCUT2D eigenvalue weighted by Gasteiger charge is -2.40. The quantitative estimate of drug-likeness (QED) is 0.237. The summed E-state index contributed by atoms with van der Waals surface area (Å²) in [5, 5.41) is 2.15. The summed E-state index contributed by atoms with van der Waals surface area (Å²) in [6.07, 6.45) is 12.3. The Morgan fingerprint density at radius 2 is 1.70 bits per heavy atom. The SMILES string of the molecule is CCCCCCc1ccc(C(=O)N(CC(=O)N2CCc3sccc3C2c2ccccc2C)C2CCCCC2)cc1. The fourth-order valence-corrected chi connectivity index (χ4v) is 7.45. The molecule has 0 N–H and O–H groups in total. The Morgan fingerprint density at radius 1 is 0.925 bits per heavy atom. The van der Waals surface area contributed by atoms with Gasteiger partial charge in [-0.1, -0.05) is 81.8 Å². The lowest BCUT2D eigenvalue weighted by Crippen LogP contribution is -2.50. The number of amides is 2. The fourth-order valence-electron chi connectivity index (χ4n) is 6.55. The Morgan fingerprint density at radius 3 is 2.45 bits per heavy atom. The molecular weight excluding hydrogens is 512 g/mol. The van der Waals surface area contributed by atoms with E-state index in [1.807, 2.05) is 21.9 Å². The number of thiophene rings is 1. The molecular formula is C35H44N2O2S. The number of carbonyl (C=O) groups is 2. The molecule has 2 aliphatic rings. The molecule has 1 aliphatic carbocycles. The molecule has 0 spiro atoms. The maximum absolute atomic E-state index is 14.2. The molecule has 0 bridgehead atoms. The van der Waals surface area contributed by atoms with Crippen molar-refractivity contribution in [3.8, 4) is 0 Å². The van der Waals surface area contributed by atoms with Crippen molar-refractivity contribution in [1.82, 2.24) is 9.80 Å². The number of hydrogen-bond donors (Lipinski definition) is 0. The van der Waals surface area contributed by atoms with E-state index in [9.17, 15) is 9.59 Å². The summed E-state index contributed by atoms with van der Waals surface area (Å²) < 4.78 is 0. The first-order valence-corrected chi connectivity index (χ1v) is 16.3. The molecule has 1 aromatic heterocycles. The molecule has 1 saturated carbocycles. The van der Waals surface area contributed by atoms with E-state index in [4.69, 9.17) is 0 Å². The van der Waals surface area contributed by atoms with Gasteiger partial charge in [0.15, 0.2) is 0 Å². The van der Waals surface area contributed by atoms with Crippen molar-refractivity contribution >= 4 is 23.2 Å². The smallest absolute Gasteiger partial charge is 0.254 e. The van der Waals surface area contributed by atoms with E-state index >= 15 is 0 Å². The number of fused-ring (bicyclic) bond motifs is 1. The van der Waals surface area contributed by atoms with E-state index in [2.05, 4.69) is 61.7 Å². The molecule has 212 valence electrons. The molecule has 0 radical (unpaired) electrons. The highest BCUT2D eigenvalue weighted by atomic mass is 32.1. The maximum Gasteiger partial charge on any atom is 0.254 e. The van der Waals surface area contributed by atoms with Crippen molar-refractivity contribution in [3.05, 3.63) is 92.7 Å². The third kappa shape index (κ3) is 6.52. The van der Waals surface area contributed by atoms with Crippen LogP contribution in [0, 0.1) is 6.92 Å². The molecule has 1 fully saturated rings. The minimum absolute atomic E-state index is 0.00143. The number of aryl methyl sites for hydroxylation is 2. The van der Waals surface area contributed by atoms with Gasteiger partial charge in [-0.05, 0) is 84.9 Å². The molecule has 4 nitrogen and oxygen atoms in total. The Balaban J connectivity index is 1.37. The largest absolute Gasteiger partial charge is 0.330 e. The van der Waals surface area contributed by atoms with Gasteiger partial charge in [0, 0.05) is 23.0 Å². The first kappa shape index (κ1) is 28.6. The van der Waals surface area contributed by atoms with Crippen molar-refractivity contribution in [1.29, 1.82) is 0 Å². The normalized spacial score (nSPS) is 17.4. The summed E-state index contributed by atoms with van der Waals surface area (Å²) in [4.78, 5) is 33.5. The first-order chi connectivity index (χ1) is 19.6. The van der Waals surface area contributed by atoms with Gasteiger partial charge in [0.1, 0.15) is 6.54 Å². The number of unbranched alkanes of at least 4 members (excludes halogenated alkanes) is 3. The second kappa shape index (κ2) is 13.6. The van der Waals surface area contributed by atoms with E-state index in [0.717, 1.165) is 38.5 Å². The van der Waals surface area contributed by atoms with Gasteiger partial charge in [0.2, 0.25) is 5.91 Å². The highest BCUT2D eigenvalue weighted by Crippen LogP contribution is 2.39. The molecule has 2 amide bonds. The van der Waals surface area contributed by atoms with Crippen LogP contribution in [0.15, 0.2) is 60.0 Å². The highest BCUT2D eigenvalue weighted by Gasteiger charge is 2.36. The van der Waals surface area contributed by atoms with Crippen LogP contribution >= 0.6 is 11.3 Å². The van der Waals surface area contributed by atoms with Gasteiger partial charge >= 0.3 is 0 Å². The predicted octanol–water partition coefficient (Wildman–Crippen LogP) is 8.13. The van der Waals surface area contributed by atoms with E-state index in [1.54, 1.807) is 11.3 Å². The van der Waals surface area contributed by atoms with Crippen molar-refractivity contribution in [2.75, 3.05) is 13.1 Å². The number of benzene rings is 2. The molecule has 0 saturated heterocycles. The van der Waals surface area contributed by atoms with Crippen LogP contribution in [0.4, 0.5) is 0 Å². The summed E-state index contributed by atoms with van der Waals surface area (Å²) in [6.45, 7) is 5.19. The van der Waals surface area contributed by atoms with Crippen LogP contribution in [0.25, 0.3) is 0 Å². The first-order valence-electron chi connectivity index (χ1n) is 15.4. The summed E-state index contributed by atoms with van der Waals surface area (Å²) in [5.74, 6) is 0.0510. The number of carbonyl (C=O) groups excluding carboxylic acids is 2. The Labute approximate surface area is 244 Å². The van der Waals surface area contributed by atoms with Gasteiger partial charge in [-0.2, -0.15) is 0 Å². The zero-order valence-electron chi connectivity index (χ0n) is 24.2. The van der Waals surface area contributed by atoms with Gasteiger partial charge in [-0.25, -0.2) is 0 Å². The zero-order chi connectivity index (χ0) is 27.9. The van der Waals surface area contributed by atoms with Crippen LogP contribution in [0.1, 0.15) is 108 Å². The van der Waals surface area contributed by atoms with Gasteiger partial charge in [-0.15, -0.1) is 11.3 Å². The monoisotopic (exact) mass is 556 g/mol. The second-order valence-corrected chi connectivity index (χ2v) is 12.6. The van der Waals surface area contributed by atoms with E-state index in [-0.39, 0.29) is 30.4 Å². The second-order valence-electron chi connectivity index (χ2n) is 11.6. The van der Waals surface area contributed by atoms with Crippen LogP contribution in [-0.4, -0.2) is 40.7 Å². The maximum atomic E-state index is 14.2. The molecule has 5 rings (SSSR count). The van der Waals surface area contributed by atoms with Crippen LogP contribution < -0.4 is 0 Å². The standard InChI is InChI=1S/C35H44N2O2S/c1-3-4-5-7-13-27-17-19-28(20-18-27)35(39)37(29-14-8-6-9-15-29)25-33(38)36-23-21-32-31(22-24-40-32)34(36)30-16-11-10-12-26(30)2/h10-12,16-20,22,24,29,34H,3-9,13-15,21,23,25H2,1-2H3.